The van der Waals surface area contributed by atoms with Crippen LogP contribution in [-0.4, -0.2) is 35.7 Å². The molecule has 0 radical (unpaired) electrons. The van der Waals surface area contributed by atoms with Gasteiger partial charge >= 0.3 is 0 Å². The molecule has 8 heteroatoms. The summed E-state index contributed by atoms with van der Waals surface area (Å²) < 4.78 is 5.27. The van der Waals surface area contributed by atoms with Gasteiger partial charge in [-0.1, -0.05) is 23.7 Å². The number of halogens is 2. The van der Waals surface area contributed by atoms with Gasteiger partial charge in [-0.05, 0) is 62.0 Å². The van der Waals surface area contributed by atoms with E-state index in [1.807, 2.05) is 12.1 Å². The fourth-order valence-corrected chi connectivity index (χ4v) is 3.21. The molecule has 0 saturated carbocycles. The molecule has 1 aliphatic heterocycles. The third-order valence-corrected chi connectivity index (χ3v) is 5.14. The second kappa shape index (κ2) is 10.1. The van der Waals surface area contributed by atoms with Crippen molar-refractivity contribution in [2.75, 3.05) is 19.6 Å². The number of benzene rings is 1. The molecular weight excluding hydrogens is 387 g/mol. The van der Waals surface area contributed by atoms with Gasteiger partial charge in [0.1, 0.15) is 0 Å². The standard InChI is InChI=1S/C19H25ClN4O2.ClH/c1-19(9-11-21-12-10-19)13-22-16(25)3-2-4-17-23-18(24-26-17)14-5-7-15(20)8-6-14;/h5-8,21H,2-4,9-13H2,1H3,(H,22,25);1H. The Bertz CT molecular complexity index is 728. The molecule has 148 valence electrons. The first-order valence-corrected chi connectivity index (χ1v) is 9.48. The Hall–Kier alpha value is -1.63. The molecule has 1 amide bonds. The first kappa shape index (κ1) is 21.7. The number of aromatic nitrogens is 2. The highest BCUT2D eigenvalue weighted by Crippen LogP contribution is 2.26. The summed E-state index contributed by atoms with van der Waals surface area (Å²) in [6.45, 7) is 5.04. The Morgan fingerprint density at radius 2 is 2.00 bits per heavy atom. The SMILES string of the molecule is CC1(CNC(=O)CCCc2nc(-c3ccc(Cl)cc3)no2)CCNCC1.Cl. The lowest BCUT2D eigenvalue weighted by Gasteiger charge is -2.34. The van der Waals surface area contributed by atoms with E-state index >= 15 is 0 Å². The molecule has 0 unspecified atom stereocenters. The number of hydrogen-bond acceptors (Lipinski definition) is 5. The summed E-state index contributed by atoms with van der Waals surface area (Å²) in [6, 6.07) is 7.29. The molecule has 3 rings (SSSR count). The van der Waals surface area contributed by atoms with E-state index < -0.39 is 0 Å². The third kappa shape index (κ3) is 6.48. The van der Waals surface area contributed by atoms with Gasteiger partial charge in [0, 0.05) is 30.0 Å². The molecule has 27 heavy (non-hydrogen) atoms. The van der Waals surface area contributed by atoms with E-state index in [2.05, 4.69) is 27.7 Å². The van der Waals surface area contributed by atoms with Crippen LogP contribution in [0.1, 0.15) is 38.5 Å². The fourth-order valence-electron chi connectivity index (χ4n) is 3.08. The van der Waals surface area contributed by atoms with Crippen LogP contribution in [0.15, 0.2) is 28.8 Å². The molecular formula is C19H26Cl2N4O2. The second-order valence-electron chi connectivity index (χ2n) is 7.21. The summed E-state index contributed by atoms with van der Waals surface area (Å²) in [5.41, 5.74) is 1.07. The van der Waals surface area contributed by atoms with Gasteiger partial charge in [-0.15, -0.1) is 12.4 Å². The zero-order chi connectivity index (χ0) is 18.4. The van der Waals surface area contributed by atoms with E-state index in [0.717, 1.165) is 38.0 Å². The highest BCUT2D eigenvalue weighted by molar-refractivity contribution is 6.30. The van der Waals surface area contributed by atoms with E-state index in [-0.39, 0.29) is 23.7 Å². The monoisotopic (exact) mass is 412 g/mol. The van der Waals surface area contributed by atoms with Crippen molar-refractivity contribution in [1.82, 2.24) is 20.8 Å². The van der Waals surface area contributed by atoms with Crippen molar-refractivity contribution < 1.29 is 9.32 Å². The lowest BCUT2D eigenvalue weighted by Crippen LogP contribution is -2.42. The molecule has 2 aromatic rings. The van der Waals surface area contributed by atoms with Crippen molar-refractivity contribution >= 4 is 29.9 Å². The minimum absolute atomic E-state index is 0. The van der Waals surface area contributed by atoms with Crippen LogP contribution >= 0.6 is 24.0 Å². The van der Waals surface area contributed by atoms with E-state index in [1.165, 1.54) is 0 Å². The molecule has 1 saturated heterocycles. The average molecular weight is 413 g/mol. The van der Waals surface area contributed by atoms with Crippen LogP contribution in [0.25, 0.3) is 11.4 Å². The lowest BCUT2D eigenvalue weighted by atomic mass is 9.81. The first-order chi connectivity index (χ1) is 12.5. The molecule has 6 nitrogen and oxygen atoms in total. The van der Waals surface area contributed by atoms with E-state index in [9.17, 15) is 4.79 Å². The number of nitrogens with one attached hydrogen (secondary N) is 2. The summed E-state index contributed by atoms with van der Waals surface area (Å²) in [4.78, 5) is 16.4. The largest absolute Gasteiger partial charge is 0.356 e. The van der Waals surface area contributed by atoms with Crippen LogP contribution < -0.4 is 10.6 Å². The third-order valence-electron chi connectivity index (χ3n) is 4.89. The van der Waals surface area contributed by atoms with Gasteiger partial charge in [0.2, 0.25) is 17.6 Å². The molecule has 0 atom stereocenters. The molecule has 2 heterocycles. The predicted octanol–water partition coefficient (Wildman–Crippen LogP) is 3.64. The smallest absolute Gasteiger partial charge is 0.226 e. The predicted molar refractivity (Wildman–Crippen MR) is 108 cm³/mol. The molecule has 1 aromatic heterocycles. The Kier molecular flexibility index (Phi) is 8.07. The molecule has 0 bridgehead atoms. The molecule has 2 N–H and O–H groups in total. The van der Waals surface area contributed by atoms with E-state index in [1.54, 1.807) is 12.1 Å². The molecule has 0 spiro atoms. The number of aryl methyl sites for hydroxylation is 1. The highest BCUT2D eigenvalue weighted by atomic mass is 35.5. The summed E-state index contributed by atoms with van der Waals surface area (Å²) in [7, 11) is 0. The molecule has 0 aliphatic carbocycles. The number of carbonyl (C=O) groups excluding carboxylic acids is 1. The topological polar surface area (TPSA) is 80.1 Å². The molecule has 1 fully saturated rings. The zero-order valence-electron chi connectivity index (χ0n) is 15.5. The lowest BCUT2D eigenvalue weighted by molar-refractivity contribution is -0.121. The minimum Gasteiger partial charge on any atom is -0.356 e. The Morgan fingerprint density at radius 3 is 2.70 bits per heavy atom. The number of rotatable bonds is 7. The summed E-state index contributed by atoms with van der Waals surface area (Å²) in [6.07, 6.45) is 3.94. The van der Waals surface area contributed by atoms with Crippen molar-refractivity contribution in [3.63, 3.8) is 0 Å². The summed E-state index contributed by atoms with van der Waals surface area (Å²) in [5.74, 6) is 1.18. The number of piperidine rings is 1. The van der Waals surface area contributed by atoms with Crippen LogP contribution in [0.5, 0.6) is 0 Å². The normalized spacial score (nSPS) is 15.8. The minimum atomic E-state index is 0. The van der Waals surface area contributed by atoms with E-state index in [0.29, 0.717) is 36.0 Å². The number of amides is 1. The fraction of sp³-hybridized carbons (Fsp3) is 0.526. The molecule has 1 aromatic carbocycles. The van der Waals surface area contributed by atoms with Crippen LogP contribution in [0.3, 0.4) is 0 Å². The number of hydrogen-bond donors (Lipinski definition) is 2. The van der Waals surface area contributed by atoms with Crippen molar-refractivity contribution in [2.45, 2.75) is 39.0 Å². The van der Waals surface area contributed by atoms with Gasteiger partial charge in [0.05, 0.1) is 0 Å². The van der Waals surface area contributed by atoms with Gasteiger partial charge < -0.3 is 15.2 Å². The van der Waals surface area contributed by atoms with Crippen molar-refractivity contribution in [2.24, 2.45) is 5.41 Å². The summed E-state index contributed by atoms with van der Waals surface area (Å²) in [5, 5.41) is 11.1. The van der Waals surface area contributed by atoms with Crippen molar-refractivity contribution in [1.29, 1.82) is 0 Å². The van der Waals surface area contributed by atoms with Crippen molar-refractivity contribution in [3.8, 4) is 11.4 Å². The number of carbonyl (C=O) groups is 1. The van der Waals surface area contributed by atoms with Gasteiger partial charge in [-0.3, -0.25) is 4.79 Å². The van der Waals surface area contributed by atoms with Crippen molar-refractivity contribution in [3.05, 3.63) is 35.2 Å². The average Bonchev–Trinajstić information content (AvgIpc) is 3.10. The van der Waals surface area contributed by atoms with Gasteiger partial charge in [0.15, 0.2) is 0 Å². The van der Waals surface area contributed by atoms with Crippen LogP contribution in [0, 0.1) is 5.41 Å². The van der Waals surface area contributed by atoms with Crippen LogP contribution in [-0.2, 0) is 11.2 Å². The summed E-state index contributed by atoms with van der Waals surface area (Å²) >= 11 is 5.88. The Balaban J connectivity index is 0.00000261. The highest BCUT2D eigenvalue weighted by Gasteiger charge is 2.26. The number of nitrogens with zero attached hydrogens (tertiary/aromatic N) is 2. The molecule has 1 aliphatic rings. The van der Waals surface area contributed by atoms with E-state index in [4.69, 9.17) is 16.1 Å². The Morgan fingerprint density at radius 1 is 1.30 bits per heavy atom. The van der Waals surface area contributed by atoms with Crippen LogP contribution in [0.2, 0.25) is 5.02 Å². The maximum Gasteiger partial charge on any atom is 0.226 e. The van der Waals surface area contributed by atoms with Gasteiger partial charge in [0.25, 0.3) is 0 Å². The van der Waals surface area contributed by atoms with Gasteiger partial charge in [-0.25, -0.2) is 0 Å². The van der Waals surface area contributed by atoms with Gasteiger partial charge in [-0.2, -0.15) is 4.98 Å². The first-order valence-electron chi connectivity index (χ1n) is 9.10. The second-order valence-corrected chi connectivity index (χ2v) is 7.65. The quantitative estimate of drug-likeness (QED) is 0.725. The maximum atomic E-state index is 12.1. The van der Waals surface area contributed by atoms with Crippen LogP contribution in [0.4, 0.5) is 0 Å². The maximum absolute atomic E-state index is 12.1. The zero-order valence-corrected chi connectivity index (χ0v) is 17.0. The Labute approximate surface area is 170 Å².